The van der Waals surface area contributed by atoms with Crippen LogP contribution in [0.2, 0.25) is 0 Å². The molecule has 0 radical (unpaired) electrons. The molecule has 0 N–H and O–H groups in total. The van der Waals surface area contributed by atoms with Crippen LogP contribution >= 0.6 is 11.8 Å². The zero-order valence-corrected chi connectivity index (χ0v) is 19.5. The average molecular weight is 490 g/mol. The van der Waals surface area contributed by atoms with E-state index in [1.165, 1.54) is 17.8 Å². The Kier molecular flexibility index (Phi) is 6.71. The van der Waals surface area contributed by atoms with Gasteiger partial charge in [0, 0.05) is 5.56 Å². The first kappa shape index (κ1) is 22.6. The Labute approximate surface area is 204 Å². The molecule has 0 amide bonds. The SMILES string of the molecule is COc1ccc(OCc2nnc(SCc3nc(-c4ccccc4)no3)n2-c2ccccc2F)cc1. The second kappa shape index (κ2) is 10.4. The largest absolute Gasteiger partial charge is 0.497 e. The molecule has 176 valence electrons. The van der Waals surface area contributed by atoms with Gasteiger partial charge in [-0.05, 0) is 36.4 Å². The third-order valence-electron chi connectivity index (χ3n) is 5.05. The number of para-hydroxylation sites is 1. The van der Waals surface area contributed by atoms with Gasteiger partial charge in [0.1, 0.15) is 23.9 Å². The molecular weight excluding hydrogens is 469 g/mol. The highest BCUT2D eigenvalue weighted by Crippen LogP contribution is 2.28. The standard InChI is InChI=1S/C25H20FN5O3S/c1-32-18-11-13-19(14-12-18)33-15-22-28-29-25(31(22)21-10-6-5-9-20(21)26)35-16-23-27-24(30-34-23)17-7-3-2-4-8-17/h2-14H,15-16H2,1H3. The first-order valence-electron chi connectivity index (χ1n) is 10.7. The number of rotatable bonds is 9. The predicted molar refractivity (Wildman–Crippen MR) is 128 cm³/mol. The normalized spacial score (nSPS) is 10.9. The number of nitrogens with zero attached hydrogens (tertiary/aromatic N) is 5. The van der Waals surface area contributed by atoms with Crippen LogP contribution in [0.3, 0.4) is 0 Å². The Hall–Kier alpha value is -4.18. The third kappa shape index (κ3) is 5.17. The first-order valence-corrected chi connectivity index (χ1v) is 11.7. The summed E-state index contributed by atoms with van der Waals surface area (Å²) in [6.45, 7) is 0.0902. The molecule has 0 aliphatic rings. The molecule has 3 aromatic carbocycles. The van der Waals surface area contributed by atoms with E-state index in [4.69, 9.17) is 14.0 Å². The summed E-state index contributed by atoms with van der Waals surface area (Å²) in [6.07, 6.45) is 0. The van der Waals surface area contributed by atoms with Crippen molar-refractivity contribution in [3.05, 3.63) is 96.4 Å². The van der Waals surface area contributed by atoms with Crippen LogP contribution in [0.4, 0.5) is 4.39 Å². The van der Waals surface area contributed by atoms with Gasteiger partial charge in [-0.1, -0.05) is 59.4 Å². The molecule has 0 fully saturated rings. The molecule has 0 unspecified atom stereocenters. The number of hydrogen-bond acceptors (Lipinski definition) is 8. The van der Waals surface area contributed by atoms with Crippen molar-refractivity contribution in [2.45, 2.75) is 17.5 Å². The molecule has 0 aliphatic heterocycles. The van der Waals surface area contributed by atoms with Crippen molar-refractivity contribution in [3.8, 4) is 28.6 Å². The lowest BCUT2D eigenvalue weighted by molar-refractivity contribution is 0.292. The van der Waals surface area contributed by atoms with E-state index in [-0.39, 0.29) is 6.61 Å². The minimum Gasteiger partial charge on any atom is -0.497 e. The van der Waals surface area contributed by atoms with E-state index in [1.54, 1.807) is 54.1 Å². The van der Waals surface area contributed by atoms with Gasteiger partial charge in [-0.3, -0.25) is 4.57 Å². The molecule has 35 heavy (non-hydrogen) atoms. The molecule has 2 heterocycles. The lowest BCUT2D eigenvalue weighted by Crippen LogP contribution is -2.08. The Morgan fingerprint density at radius 1 is 0.914 bits per heavy atom. The zero-order valence-electron chi connectivity index (χ0n) is 18.7. The second-order valence-electron chi connectivity index (χ2n) is 7.32. The predicted octanol–water partition coefficient (Wildman–Crippen LogP) is 5.34. The third-order valence-corrected chi connectivity index (χ3v) is 5.96. The molecule has 0 atom stereocenters. The van der Waals surface area contributed by atoms with Crippen LogP contribution in [0.5, 0.6) is 11.5 Å². The van der Waals surface area contributed by atoms with Crippen molar-refractivity contribution < 1.29 is 18.4 Å². The molecular formula is C25H20FN5O3S. The van der Waals surface area contributed by atoms with E-state index in [1.807, 2.05) is 30.3 Å². The summed E-state index contributed by atoms with van der Waals surface area (Å²) in [5.74, 6) is 2.67. The second-order valence-corrected chi connectivity index (χ2v) is 8.26. The van der Waals surface area contributed by atoms with Gasteiger partial charge in [-0.15, -0.1) is 10.2 Å². The molecule has 5 aromatic rings. The summed E-state index contributed by atoms with van der Waals surface area (Å²) in [7, 11) is 1.60. The van der Waals surface area contributed by atoms with Gasteiger partial charge in [-0.25, -0.2) is 4.39 Å². The van der Waals surface area contributed by atoms with Crippen molar-refractivity contribution in [1.82, 2.24) is 24.9 Å². The first-order chi connectivity index (χ1) is 17.2. The number of halogens is 1. The maximum absolute atomic E-state index is 14.7. The van der Waals surface area contributed by atoms with E-state index < -0.39 is 5.82 Å². The fourth-order valence-electron chi connectivity index (χ4n) is 3.33. The lowest BCUT2D eigenvalue weighted by Gasteiger charge is -2.12. The van der Waals surface area contributed by atoms with E-state index in [2.05, 4.69) is 20.3 Å². The molecule has 2 aromatic heterocycles. The van der Waals surface area contributed by atoms with Gasteiger partial charge in [0.25, 0.3) is 0 Å². The zero-order chi connectivity index (χ0) is 24.0. The number of benzene rings is 3. The summed E-state index contributed by atoms with van der Waals surface area (Å²) >= 11 is 1.31. The molecule has 0 saturated carbocycles. The van der Waals surface area contributed by atoms with Crippen LogP contribution in [0.25, 0.3) is 17.1 Å². The quantitative estimate of drug-likeness (QED) is 0.257. The molecule has 0 saturated heterocycles. The highest BCUT2D eigenvalue weighted by molar-refractivity contribution is 7.98. The fraction of sp³-hybridized carbons (Fsp3) is 0.120. The maximum Gasteiger partial charge on any atom is 0.237 e. The number of hydrogen-bond donors (Lipinski definition) is 0. The topological polar surface area (TPSA) is 88.1 Å². The van der Waals surface area contributed by atoms with Gasteiger partial charge in [0.2, 0.25) is 11.7 Å². The number of ether oxygens (including phenoxy) is 2. The number of methoxy groups -OCH3 is 1. The van der Waals surface area contributed by atoms with Crippen molar-refractivity contribution in [2.75, 3.05) is 7.11 Å². The molecule has 5 rings (SSSR count). The number of aromatic nitrogens is 5. The van der Waals surface area contributed by atoms with E-state index in [0.29, 0.717) is 39.9 Å². The smallest absolute Gasteiger partial charge is 0.237 e. The monoisotopic (exact) mass is 489 g/mol. The molecule has 8 nitrogen and oxygen atoms in total. The highest BCUT2D eigenvalue weighted by atomic mass is 32.2. The Morgan fingerprint density at radius 3 is 2.43 bits per heavy atom. The Bertz CT molecular complexity index is 1410. The number of thioether (sulfide) groups is 1. The van der Waals surface area contributed by atoms with Crippen LogP contribution in [-0.2, 0) is 12.4 Å². The minimum atomic E-state index is -0.399. The minimum absolute atomic E-state index is 0.0902. The summed E-state index contributed by atoms with van der Waals surface area (Å²) < 4.78 is 32.8. The maximum atomic E-state index is 14.7. The van der Waals surface area contributed by atoms with Gasteiger partial charge in [0.05, 0.1) is 18.6 Å². The molecule has 0 aliphatic carbocycles. The lowest BCUT2D eigenvalue weighted by atomic mass is 10.2. The van der Waals surface area contributed by atoms with Crippen LogP contribution in [0.1, 0.15) is 11.7 Å². The molecule has 0 bridgehead atoms. The Morgan fingerprint density at radius 2 is 1.66 bits per heavy atom. The van der Waals surface area contributed by atoms with Crippen molar-refractivity contribution in [3.63, 3.8) is 0 Å². The van der Waals surface area contributed by atoms with Crippen LogP contribution in [0.15, 0.2) is 88.5 Å². The van der Waals surface area contributed by atoms with Crippen molar-refractivity contribution in [2.24, 2.45) is 0 Å². The van der Waals surface area contributed by atoms with Crippen LogP contribution in [-0.4, -0.2) is 32.0 Å². The van der Waals surface area contributed by atoms with Crippen LogP contribution < -0.4 is 9.47 Å². The van der Waals surface area contributed by atoms with Gasteiger partial charge in [-0.2, -0.15) is 4.98 Å². The molecule has 0 spiro atoms. The summed E-state index contributed by atoms with van der Waals surface area (Å²) in [6, 6.07) is 23.2. The summed E-state index contributed by atoms with van der Waals surface area (Å²) in [5.41, 5.74) is 1.18. The van der Waals surface area contributed by atoms with E-state index in [0.717, 1.165) is 11.3 Å². The van der Waals surface area contributed by atoms with Gasteiger partial charge >= 0.3 is 0 Å². The fourth-order valence-corrected chi connectivity index (χ4v) is 4.13. The highest BCUT2D eigenvalue weighted by Gasteiger charge is 2.19. The van der Waals surface area contributed by atoms with E-state index >= 15 is 0 Å². The Balaban J connectivity index is 1.37. The van der Waals surface area contributed by atoms with Crippen LogP contribution in [0, 0.1) is 5.82 Å². The van der Waals surface area contributed by atoms with Crippen molar-refractivity contribution >= 4 is 11.8 Å². The van der Waals surface area contributed by atoms with Gasteiger partial charge < -0.3 is 14.0 Å². The summed E-state index contributed by atoms with van der Waals surface area (Å²) in [4.78, 5) is 4.45. The molecule has 10 heteroatoms. The summed E-state index contributed by atoms with van der Waals surface area (Å²) in [5, 5.41) is 13.0. The average Bonchev–Trinajstić information content (AvgIpc) is 3.54. The van der Waals surface area contributed by atoms with Gasteiger partial charge in [0.15, 0.2) is 11.0 Å². The van der Waals surface area contributed by atoms with Crippen molar-refractivity contribution in [1.29, 1.82) is 0 Å². The van der Waals surface area contributed by atoms with E-state index in [9.17, 15) is 4.39 Å².